The molecule has 0 fully saturated rings. The summed E-state index contributed by atoms with van der Waals surface area (Å²) in [6, 6.07) is 6.73. The Balaban J connectivity index is 2.70. The van der Waals surface area contributed by atoms with Gasteiger partial charge in [0.2, 0.25) is 0 Å². The molecule has 0 aliphatic heterocycles. The van der Waals surface area contributed by atoms with E-state index in [2.05, 4.69) is 19.2 Å². The smallest absolute Gasteiger partial charge is 0.175 e. The van der Waals surface area contributed by atoms with Crippen molar-refractivity contribution >= 4 is 27.1 Å². The van der Waals surface area contributed by atoms with Crippen molar-refractivity contribution in [2.75, 3.05) is 24.0 Å². The zero-order chi connectivity index (χ0) is 13.1. The van der Waals surface area contributed by atoms with E-state index >= 15 is 0 Å². The molecule has 0 saturated carbocycles. The van der Waals surface area contributed by atoms with Gasteiger partial charge >= 0.3 is 0 Å². The van der Waals surface area contributed by atoms with Gasteiger partial charge in [0.15, 0.2) is 9.84 Å². The third-order valence-electron chi connectivity index (χ3n) is 2.42. The van der Waals surface area contributed by atoms with Crippen LogP contribution in [0.3, 0.4) is 0 Å². The van der Waals surface area contributed by atoms with Crippen LogP contribution in [0.5, 0.6) is 0 Å². The molecule has 96 valence electrons. The van der Waals surface area contributed by atoms with Crippen molar-refractivity contribution in [3.05, 3.63) is 24.3 Å². The largest absolute Gasteiger partial charge is 0.384 e. The highest BCUT2D eigenvalue weighted by molar-refractivity contribution is 7.90. The normalized spacial score (nSPS) is 12.5. The van der Waals surface area contributed by atoms with Gasteiger partial charge in [-0.1, -0.05) is 13.8 Å². The van der Waals surface area contributed by atoms with Gasteiger partial charge in [0.1, 0.15) is 0 Å². The van der Waals surface area contributed by atoms with Crippen molar-refractivity contribution in [3.63, 3.8) is 0 Å². The van der Waals surface area contributed by atoms with Crippen LogP contribution in [0.25, 0.3) is 0 Å². The lowest BCUT2D eigenvalue weighted by molar-refractivity contribution is 0.450. The summed E-state index contributed by atoms with van der Waals surface area (Å²) in [5.74, 6) is 0.571. The third-order valence-corrected chi connectivity index (χ3v) is 4.27. The second kappa shape index (κ2) is 5.27. The minimum atomic E-state index is -3.12. The predicted octanol–water partition coefficient (Wildman–Crippen LogP) is 2.77. The molecular weight excluding hydrogens is 258 g/mol. The summed E-state index contributed by atoms with van der Waals surface area (Å²) in [6.07, 6.45) is 1.20. The van der Waals surface area contributed by atoms with Crippen LogP contribution in [-0.2, 0) is 9.84 Å². The lowest BCUT2D eigenvalue weighted by Gasteiger charge is -2.22. The molecular formula is C12H18ClNO2S. The Morgan fingerprint density at radius 3 is 2.18 bits per heavy atom. The summed E-state index contributed by atoms with van der Waals surface area (Å²) in [4.78, 5) is 0.333. The summed E-state index contributed by atoms with van der Waals surface area (Å²) in [5, 5.41) is 3.24. The van der Waals surface area contributed by atoms with Gasteiger partial charge in [0.05, 0.1) is 4.90 Å². The SMILES string of the molecule is CC(C)(CCl)CNc1ccc(S(C)(=O)=O)cc1. The molecule has 1 aromatic rings. The average molecular weight is 276 g/mol. The molecule has 0 heterocycles. The highest BCUT2D eigenvalue weighted by atomic mass is 35.5. The van der Waals surface area contributed by atoms with Crippen LogP contribution in [0.2, 0.25) is 0 Å². The van der Waals surface area contributed by atoms with Gasteiger partial charge in [0, 0.05) is 24.4 Å². The van der Waals surface area contributed by atoms with E-state index in [0.29, 0.717) is 10.8 Å². The van der Waals surface area contributed by atoms with Gasteiger partial charge in [-0.05, 0) is 29.7 Å². The highest BCUT2D eigenvalue weighted by Gasteiger charge is 2.15. The second-order valence-corrected chi connectivity index (χ2v) is 7.23. The molecule has 0 unspecified atom stereocenters. The van der Waals surface area contributed by atoms with Gasteiger partial charge in [-0.25, -0.2) is 8.42 Å². The number of alkyl halides is 1. The highest BCUT2D eigenvalue weighted by Crippen LogP contribution is 2.19. The monoisotopic (exact) mass is 275 g/mol. The van der Waals surface area contributed by atoms with Gasteiger partial charge in [-0.3, -0.25) is 0 Å². The predicted molar refractivity (Wildman–Crippen MR) is 72.5 cm³/mol. The van der Waals surface area contributed by atoms with Crippen LogP contribution in [0.4, 0.5) is 5.69 Å². The zero-order valence-electron chi connectivity index (χ0n) is 10.3. The van der Waals surface area contributed by atoms with Crippen LogP contribution < -0.4 is 5.32 Å². The van der Waals surface area contributed by atoms with Crippen LogP contribution in [-0.4, -0.2) is 27.1 Å². The molecule has 0 atom stereocenters. The Kier molecular flexibility index (Phi) is 4.44. The van der Waals surface area contributed by atoms with Gasteiger partial charge in [-0.2, -0.15) is 0 Å². The van der Waals surface area contributed by atoms with Crippen molar-refractivity contribution in [2.24, 2.45) is 5.41 Å². The van der Waals surface area contributed by atoms with E-state index in [9.17, 15) is 8.42 Å². The topological polar surface area (TPSA) is 46.2 Å². The van der Waals surface area contributed by atoms with E-state index in [1.807, 2.05) is 0 Å². The van der Waals surface area contributed by atoms with Crippen LogP contribution in [0.1, 0.15) is 13.8 Å². The fourth-order valence-corrected chi connectivity index (χ4v) is 1.93. The number of halogens is 1. The number of anilines is 1. The van der Waals surface area contributed by atoms with Crippen molar-refractivity contribution in [1.29, 1.82) is 0 Å². The molecule has 0 amide bonds. The number of hydrogen-bond acceptors (Lipinski definition) is 3. The van der Waals surface area contributed by atoms with Crippen LogP contribution >= 0.6 is 11.6 Å². The minimum Gasteiger partial charge on any atom is -0.384 e. The average Bonchev–Trinajstić information content (AvgIpc) is 2.26. The summed E-state index contributed by atoms with van der Waals surface area (Å²) in [7, 11) is -3.12. The summed E-state index contributed by atoms with van der Waals surface area (Å²) in [6.45, 7) is 4.88. The number of benzene rings is 1. The zero-order valence-corrected chi connectivity index (χ0v) is 11.9. The number of nitrogens with one attached hydrogen (secondary N) is 1. The first-order valence-electron chi connectivity index (χ1n) is 5.34. The number of hydrogen-bond donors (Lipinski definition) is 1. The molecule has 0 saturated heterocycles. The second-order valence-electron chi connectivity index (χ2n) is 4.95. The first-order chi connectivity index (χ1) is 7.74. The maximum absolute atomic E-state index is 11.3. The third kappa shape index (κ3) is 4.56. The van der Waals surface area contributed by atoms with Crippen molar-refractivity contribution in [1.82, 2.24) is 0 Å². The summed E-state index contributed by atoms with van der Waals surface area (Å²) in [5.41, 5.74) is 0.910. The van der Waals surface area contributed by atoms with E-state index < -0.39 is 9.84 Å². The maximum Gasteiger partial charge on any atom is 0.175 e. The molecule has 0 aliphatic rings. The first kappa shape index (κ1) is 14.3. The van der Waals surface area contributed by atoms with E-state index in [4.69, 9.17) is 11.6 Å². The molecule has 1 rings (SSSR count). The Labute approximate surface area is 108 Å². The molecule has 0 spiro atoms. The Morgan fingerprint density at radius 1 is 1.24 bits per heavy atom. The van der Waals surface area contributed by atoms with Crippen molar-refractivity contribution in [3.8, 4) is 0 Å². The van der Waals surface area contributed by atoms with E-state index in [1.165, 1.54) is 6.26 Å². The van der Waals surface area contributed by atoms with Crippen molar-refractivity contribution in [2.45, 2.75) is 18.7 Å². The molecule has 0 radical (unpaired) electrons. The van der Waals surface area contributed by atoms with E-state index in [1.54, 1.807) is 24.3 Å². The molecule has 5 heteroatoms. The fourth-order valence-electron chi connectivity index (χ4n) is 1.21. The number of rotatable bonds is 5. The van der Waals surface area contributed by atoms with Gasteiger partial charge in [0.25, 0.3) is 0 Å². The van der Waals surface area contributed by atoms with E-state index in [-0.39, 0.29) is 5.41 Å². The Morgan fingerprint density at radius 2 is 1.76 bits per heavy atom. The van der Waals surface area contributed by atoms with Crippen LogP contribution in [0, 0.1) is 5.41 Å². The molecule has 0 aliphatic carbocycles. The molecule has 1 aromatic carbocycles. The fraction of sp³-hybridized carbons (Fsp3) is 0.500. The van der Waals surface area contributed by atoms with Crippen molar-refractivity contribution < 1.29 is 8.42 Å². The van der Waals surface area contributed by atoms with E-state index in [0.717, 1.165) is 12.2 Å². The lowest BCUT2D eigenvalue weighted by atomic mass is 9.96. The van der Waals surface area contributed by atoms with Crippen LogP contribution in [0.15, 0.2) is 29.2 Å². The maximum atomic E-state index is 11.3. The summed E-state index contributed by atoms with van der Waals surface area (Å²) >= 11 is 5.83. The summed E-state index contributed by atoms with van der Waals surface area (Å²) < 4.78 is 22.5. The Hall–Kier alpha value is -0.740. The Bertz CT molecular complexity index is 466. The molecule has 0 bridgehead atoms. The lowest BCUT2D eigenvalue weighted by Crippen LogP contribution is -2.24. The minimum absolute atomic E-state index is 0.0110. The quantitative estimate of drug-likeness (QED) is 0.841. The number of sulfone groups is 1. The molecule has 0 aromatic heterocycles. The molecule has 17 heavy (non-hydrogen) atoms. The first-order valence-corrected chi connectivity index (χ1v) is 7.77. The standard InChI is InChI=1S/C12H18ClNO2S/c1-12(2,8-13)9-14-10-4-6-11(7-5-10)17(3,15)16/h4-7,14H,8-9H2,1-3H3. The van der Waals surface area contributed by atoms with Gasteiger partial charge in [-0.15, -0.1) is 11.6 Å². The van der Waals surface area contributed by atoms with Gasteiger partial charge < -0.3 is 5.32 Å². The molecule has 3 nitrogen and oxygen atoms in total. The molecule has 1 N–H and O–H groups in total.